The van der Waals surface area contributed by atoms with Gasteiger partial charge in [0.05, 0.1) is 4.92 Å². The molecule has 92 valence electrons. The lowest BCUT2D eigenvalue weighted by atomic mass is 10.2. The highest BCUT2D eigenvalue weighted by Gasteiger charge is 2.11. The first-order valence-corrected chi connectivity index (χ1v) is 4.92. The summed E-state index contributed by atoms with van der Waals surface area (Å²) in [5.74, 6) is -0.150. The average Bonchev–Trinajstić information content (AvgIpc) is 2.76. The molecule has 0 bridgehead atoms. The van der Waals surface area contributed by atoms with Crippen LogP contribution in [0.1, 0.15) is 6.92 Å². The predicted molar refractivity (Wildman–Crippen MR) is 60.7 cm³/mol. The number of aromatic nitrogens is 2. The van der Waals surface area contributed by atoms with Crippen LogP contribution in [0, 0.1) is 10.1 Å². The third kappa shape index (κ3) is 2.48. The second kappa shape index (κ2) is 4.62. The van der Waals surface area contributed by atoms with Crippen molar-refractivity contribution in [1.82, 2.24) is 10.2 Å². The van der Waals surface area contributed by atoms with Gasteiger partial charge in [0.1, 0.15) is 0 Å². The van der Waals surface area contributed by atoms with Gasteiger partial charge in [-0.2, -0.15) is 0 Å². The largest absolute Gasteiger partial charge is 0.403 e. The van der Waals surface area contributed by atoms with Crippen molar-refractivity contribution in [1.29, 1.82) is 0 Å². The Labute approximate surface area is 101 Å². The molecule has 2 aromatic rings. The van der Waals surface area contributed by atoms with Gasteiger partial charge in [0.25, 0.3) is 5.69 Å². The molecular formula is C10H8N4O4. The summed E-state index contributed by atoms with van der Waals surface area (Å²) in [5.41, 5.74) is 0.505. The molecule has 2 rings (SSSR count). The molecule has 8 nitrogen and oxygen atoms in total. The molecule has 0 saturated carbocycles. The van der Waals surface area contributed by atoms with Crippen molar-refractivity contribution in [3.8, 4) is 11.5 Å². The van der Waals surface area contributed by atoms with Gasteiger partial charge in [-0.05, 0) is 12.1 Å². The smallest absolute Gasteiger partial charge is 0.322 e. The first-order valence-electron chi connectivity index (χ1n) is 4.92. The molecule has 0 radical (unpaired) electrons. The molecule has 0 aliphatic rings. The Bertz CT molecular complexity index is 590. The maximum atomic E-state index is 10.8. The first kappa shape index (κ1) is 11.7. The lowest BCUT2D eigenvalue weighted by molar-refractivity contribution is -0.384. The van der Waals surface area contributed by atoms with E-state index in [0.717, 1.165) is 0 Å². The SMILES string of the molecule is CC(=O)Nc1nnc(-c2ccc([N+](=O)[O-])cc2)o1. The molecular weight excluding hydrogens is 240 g/mol. The third-order valence-corrected chi connectivity index (χ3v) is 2.03. The Morgan fingerprint density at radius 2 is 2.00 bits per heavy atom. The fourth-order valence-electron chi connectivity index (χ4n) is 1.27. The van der Waals surface area contributed by atoms with Crippen molar-refractivity contribution in [2.45, 2.75) is 6.92 Å². The van der Waals surface area contributed by atoms with E-state index in [4.69, 9.17) is 4.42 Å². The number of benzene rings is 1. The van der Waals surface area contributed by atoms with E-state index in [1.807, 2.05) is 0 Å². The molecule has 1 heterocycles. The number of carbonyl (C=O) groups is 1. The number of nitrogens with one attached hydrogen (secondary N) is 1. The van der Waals surface area contributed by atoms with Crippen LogP contribution >= 0.6 is 0 Å². The highest BCUT2D eigenvalue weighted by atomic mass is 16.6. The summed E-state index contributed by atoms with van der Waals surface area (Å²) >= 11 is 0. The molecule has 0 atom stereocenters. The van der Waals surface area contributed by atoms with Gasteiger partial charge in [-0.3, -0.25) is 20.2 Å². The van der Waals surface area contributed by atoms with Crippen molar-refractivity contribution >= 4 is 17.6 Å². The highest BCUT2D eigenvalue weighted by Crippen LogP contribution is 2.22. The van der Waals surface area contributed by atoms with Gasteiger partial charge < -0.3 is 4.42 Å². The van der Waals surface area contributed by atoms with Crippen LogP contribution in [0.2, 0.25) is 0 Å². The molecule has 18 heavy (non-hydrogen) atoms. The van der Waals surface area contributed by atoms with E-state index in [1.165, 1.54) is 31.2 Å². The highest BCUT2D eigenvalue weighted by molar-refractivity contribution is 5.86. The number of carbonyl (C=O) groups excluding carboxylic acids is 1. The lowest BCUT2D eigenvalue weighted by Crippen LogP contribution is -2.05. The zero-order chi connectivity index (χ0) is 13.1. The summed E-state index contributed by atoms with van der Waals surface area (Å²) in [7, 11) is 0. The van der Waals surface area contributed by atoms with E-state index < -0.39 is 4.92 Å². The van der Waals surface area contributed by atoms with Crippen LogP contribution in [-0.4, -0.2) is 21.0 Å². The summed E-state index contributed by atoms with van der Waals surface area (Å²) in [5, 5.41) is 20.1. The molecule has 8 heteroatoms. The minimum Gasteiger partial charge on any atom is -0.403 e. The molecule has 0 unspecified atom stereocenters. The minimum atomic E-state index is -0.500. The maximum absolute atomic E-state index is 10.8. The van der Waals surface area contributed by atoms with E-state index in [2.05, 4.69) is 15.5 Å². The summed E-state index contributed by atoms with van der Waals surface area (Å²) in [6, 6.07) is 5.62. The molecule has 0 fully saturated rings. The standard InChI is InChI=1S/C10H8N4O4/c1-6(15)11-10-13-12-9(18-10)7-2-4-8(5-3-7)14(16)17/h2-5H,1H3,(H,11,13,15). The van der Waals surface area contributed by atoms with Crippen molar-refractivity contribution in [2.75, 3.05) is 5.32 Å². The summed E-state index contributed by atoms with van der Waals surface area (Å²) in [4.78, 5) is 20.7. The average molecular weight is 248 g/mol. The van der Waals surface area contributed by atoms with E-state index >= 15 is 0 Å². The second-order valence-electron chi connectivity index (χ2n) is 3.40. The van der Waals surface area contributed by atoms with E-state index in [9.17, 15) is 14.9 Å². The fraction of sp³-hybridized carbons (Fsp3) is 0.100. The Balaban J connectivity index is 2.23. The summed E-state index contributed by atoms with van der Waals surface area (Å²) < 4.78 is 5.16. The fourth-order valence-corrected chi connectivity index (χ4v) is 1.27. The van der Waals surface area contributed by atoms with Crippen molar-refractivity contribution < 1.29 is 14.1 Å². The van der Waals surface area contributed by atoms with Crippen LogP contribution in [0.25, 0.3) is 11.5 Å². The maximum Gasteiger partial charge on any atom is 0.322 e. The number of non-ortho nitro benzene ring substituents is 1. The number of rotatable bonds is 3. The Morgan fingerprint density at radius 1 is 1.33 bits per heavy atom. The van der Waals surface area contributed by atoms with Crippen LogP contribution < -0.4 is 5.32 Å². The Hall–Kier alpha value is -2.77. The number of nitro groups is 1. The lowest BCUT2D eigenvalue weighted by Gasteiger charge is -1.94. The molecule has 1 amide bonds. The van der Waals surface area contributed by atoms with Crippen LogP contribution in [0.4, 0.5) is 11.7 Å². The zero-order valence-electron chi connectivity index (χ0n) is 9.28. The monoisotopic (exact) mass is 248 g/mol. The van der Waals surface area contributed by atoms with Gasteiger partial charge >= 0.3 is 6.01 Å². The van der Waals surface area contributed by atoms with Crippen molar-refractivity contribution in [3.05, 3.63) is 34.4 Å². The minimum absolute atomic E-state index is 0.0177. The van der Waals surface area contributed by atoms with Gasteiger partial charge in [-0.1, -0.05) is 5.10 Å². The Morgan fingerprint density at radius 3 is 2.56 bits per heavy atom. The zero-order valence-corrected chi connectivity index (χ0v) is 9.28. The van der Waals surface area contributed by atoms with Gasteiger partial charge in [0.2, 0.25) is 11.8 Å². The molecule has 0 aliphatic carbocycles. The second-order valence-corrected chi connectivity index (χ2v) is 3.40. The number of anilines is 1. The molecule has 1 aromatic carbocycles. The van der Waals surface area contributed by atoms with Crippen LogP contribution in [-0.2, 0) is 4.79 Å². The summed E-state index contributed by atoms with van der Waals surface area (Å²) in [6.45, 7) is 1.32. The van der Waals surface area contributed by atoms with Crippen molar-refractivity contribution in [2.24, 2.45) is 0 Å². The molecule has 0 aliphatic heterocycles. The van der Waals surface area contributed by atoms with Gasteiger partial charge in [0.15, 0.2) is 0 Å². The van der Waals surface area contributed by atoms with E-state index in [1.54, 1.807) is 0 Å². The van der Waals surface area contributed by atoms with Crippen LogP contribution in [0.15, 0.2) is 28.7 Å². The Kier molecular flexibility index (Phi) is 3.00. The number of amides is 1. The van der Waals surface area contributed by atoms with Gasteiger partial charge in [-0.15, -0.1) is 5.10 Å². The third-order valence-electron chi connectivity index (χ3n) is 2.03. The number of hydrogen-bond donors (Lipinski definition) is 1. The van der Waals surface area contributed by atoms with E-state index in [0.29, 0.717) is 5.56 Å². The van der Waals surface area contributed by atoms with Gasteiger partial charge in [0, 0.05) is 24.6 Å². The summed E-state index contributed by atoms with van der Waals surface area (Å²) in [6.07, 6.45) is 0. The van der Waals surface area contributed by atoms with Gasteiger partial charge in [-0.25, -0.2) is 0 Å². The number of hydrogen-bond acceptors (Lipinski definition) is 6. The quantitative estimate of drug-likeness (QED) is 0.652. The number of nitrogens with zero attached hydrogens (tertiary/aromatic N) is 3. The predicted octanol–water partition coefficient (Wildman–Crippen LogP) is 1.60. The van der Waals surface area contributed by atoms with E-state index in [-0.39, 0.29) is 23.5 Å². The van der Waals surface area contributed by atoms with Crippen LogP contribution in [0.3, 0.4) is 0 Å². The topological polar surface area (TPSA) is 111 Å². The molecule has 1 N–H and O–H groups in total. The normalized spacial score (nSPS) is 10.1. The molecule has 0 spiro atoms. The molecule has 0 saturated heterocycles. The first-order chi connectivity index (χ1) is 8.56. The molecule has 1 aromatic heterocycles. The van der Waals surface area contributed by atoms with Crippen molar-refractivity contribution in [3.63, 3.8) is 0 Å². The van der Waals surface area contributed by atoms with Crippen LogP contribution in [0.5, 0.6) is 0 Å². The number of nitro benzene ring substituents is 1.